The van der Waals surface area contributed by atoms with Crippen molar-refractivity contribution in [3.8, 4) is 67.2 Å². The molecule has 1 aliphatic rings. The van der Waals surface area contributed by atoms with Gasteiger partial charge in [-0.1, -0.05) is 140 Å². The Morgan fingerprint density at radius 1 is 0.511 bits per heavy atom. The van der Waals surface area contributed by atoms with Crippen molar-refractivity contribution >= 4 is 6.08 Å². The predicted molar refractivity (Wildman–Crippen MR) is 186 cm³/mol. The van der Waals surface area contributed by atoms with Crippen molar-refractivity contribution in [2.45, 2.75) is 12.8 Å². The van der Waals surface area contributed by atoms with Crippen LogP contribution in [0.15, 0.2) is 156 Å². The minimum Gasteiger partial charge on any atom is -0.455 e. The molecule has 0 radical (unpaired) electrons. The molecule has 45 heavy (non-hydrogen) atoms. The SMILES string of the molecule is c1cccc(-c2cc(-c3ccccc3)cc(-c3ccccc3)c2-c2oc(-c3cccc(-c4ccccc4)c3)c3c2CCC=C3)c#1. The van der Waals surface area contributed by atoms with Crippen LogP contribution < -0.4 is 0 Å². The molecule has 0 unspecified atom stereocenters. The normalized spacial score (nSPS) is 12.0. The quantitative estimate of drug-likeness (QED) is 0.193. The first kappa shape index (κ1) is 26.8. The number of rotatable bonds is 6. The van der Waals surface area contributed by atoms with E-state index in [2.05, 4.69) is 158 Å². The molecule has 0 aliphatic heterocycles. The highest BCUT2D eigenvalue weighted by molar-refractivity contribution is 5.98. The zero-order valence-corrected chi connectivity index (χ0v) is 24.8. The largest absolute Gasteiger partial charge is 0.455 e. The molecule has 0 N–H and O–H groups in total. The summed E-state index contributed by atoms with van der Waals surface area (Å²) in [7, 11) is 0. The van der Waals surface area contributed by atoms with E-state index in [1.807, 2.05) is 12.1 Å². The van der Waals surface area contributed by atoms with Gasteiger partial charge in [0.1, 0.15) is 11.5 Å². The van der Waals surface area contributed by atoms with Gasteiger partial charge >= 0.3 is 0 Å². The Kier molecular flexibility index (Phi) is 6.95. The number of allylic oxidation sites excluding steroid dienone is 1. The minimum absolute atomic E-state index is 0.912. The third-order valence-electron chi connectivity index (χ3n) is 8.62. The topological polar surface area (TPSA) is 13.1 Å². The Labute approximate surface area is 264 Å². The second kappa shape index (κ2) is 11.7. The zero-order valence-electron chi connectivity index (χ0n) is 24.8. The fraction of sp³-hybridized carbons (Fsp3) is 0.0455. The third kappa shape index (κ3) is 5.07. The number of hydrogen-bond acceptors (Lipinski definition) is 1. The van der Waals surface area contributed by atoms with Crippen LogP contribution in [0, 0.1) is 12.1 Å². The Morgan fingerprint density at radius 3 is 1.87 bits per heavy atom. The van der Waals surface area contributed by atoms with Gasteiger partial charge in [0.05, 0.1) is 0 Å². The second-order valence-corrected chi connectivity index (χ2v) is 11.4. The van der Waals surface area contributed by atoms with Crippen LogP contribution in [-0.4, -0.2) is 0 Å². The number of benzene rings is 5. The summed E-state index contributed by atoms with van der Waals surface area (Å²) in [6, 6.07) is 57.8. The standard InChI is InChI=1S/C44H30O/c1-5-16-31(17-6-1)35-24-15-25-36(28-35)43-38-26-13-14-27-39(38)44(45-43)42-40(33-20-9-3-10-21-33)29-37(32-18-7-2-8-19-32)30-41(42)34-22-11-4-12-23-34/h1-11,13,15-22,24-26,28-30H,14,27H2. The molecule has 1 heteroatoms. The van der Waals surface area contributed by atoms with E-state index < -0.39 is 0 Å². The van der Waals surface area contributed by atoms with Gasteiger partial charge in [0, 0.05) is 33.4 Å². The van der Waals surface area contributed by atoms with Crippen LogP contribution in [0.1, 0.15) is 17.5 Å². The van der Waals surface area contributed by atoms with Gasteiger partial charge in [-0.05, 0) is 76.6 Å². The van der Waals surface area contributed by atoms with E-state index in [0.29, 0.717) is 0 Å². The summed E-state index contributed by atoms with van der Waals surface area (Å²) >= 11 is 0. The zero-order chi connectivity index (χ0) is 30.0. The molecule has 8 rings (SSSR count). The lowest BCUT2D eigenvalue weighted by molar-refractivity contribution is 0.594. The summed E-state index contributed by atoms with van der Waals surface area (Å²) in [6.07, 6.45) is 6.41. The highest BCUT2D eigenvalue weighted by atomic mass is 16.3. The van der Waals surface area contributed by atoms with Crippen molar-refractivity contribution in [2.75, 3.05) is 0 Å². The monoisotopic (exact) mass is 574 g/mol. The van der Waals surface area contributed by atoms with Crippen LogP contribution in [0.25, 0.3) is 73.2 Å². The maximum atomic E-state index is 7.13. The maximum absolute atomic E-state index is 7.13. The van der Waals surface area contributed by atoms with E-state index in [4.69, 9.17) is 4.42 Å². The molecule has 0 bridgehead atoms. The van der Waals surface area contributed by atoms with E-state index >= 15 is 0 Å². The Balaban J connectivity index is 1.42. The van der Waals surface area contributed by atoms with Gasteiger partial charge in [0.15, 0.2) is 0 Å². The number of furan rings is 1. The van der Waals surface area contributed by atoms with Gasteiger partial charge < -0.3 is 4.42 Å². The van der Waals surface area contributed by atoms with Gasteiger partial charge in [-0.3, -0.25) is 0 Å². The average molecular weight is 575 g/mol. The van der Waals surface area contributed by atoms with Gasteiger partial charge in [0.25, 0.3) is 0 Å². The van der Waals surface area contributed by atoms with E-state index in [-0.39, 0.29) is 0 Å². The molecular formula is C44H30O. The summed E-state index contributed by atoms with van der Waals surface area (Å²) in [6.45, 7) is 0. The van der Waals surface area contributed by atoms with Crippen molar-refractivity contribution in [1.82, 2.24) is 0 Å². The summed E-state index contributed by atoms with van der Waals surface area (Å²) in [5.41, 5.74) is 13.6. The fourth-order valence-corrected chi connectivity index (χ4v) is 6.47. The molecular weight excluding hydrogens is 544 g/mol. The van der Waals surface area contributed by atoms with Crippen LogP contribution in [0.3, 0.4) is 0 Å². The molecule has 7 aromatic rings. The first-order valence-corrected chi connectivity index (χ1v) is 15.5. The Morgan fingerprint density at radius 2 is 1.16 bits per heavy atom. The Bertz CT molecular complexity index is 2060. The summed E-state index contributed by atoms with van der Waals surface area (Å²) in [4.78, 5) is 0. The minimum atomic E-state index is 0.912. The van der Waals surface area contributed by atoms with Crippen LogP contribution in [0.2, 0.25) is 0 Å². The lowest BCUT2D eigenvalue weighted by Crippen LogP contribution is -1.97. The van der Waals surface area contributed by atoms with E-state index in [9.17, 15) is 0 Å². The fourth-order valence-electron chi connectivity index (χ4n) is 6.47. The van der Waals surface area contributed by atoms with E-state index in [1.165, 1.54) is 27.8 Å². The third-order valence-corrected chi connectivity index (χ3v) is 8.62. The smallest absolute Gasteiger partial charge is 0.142 e. The highest BCUT2D eigenvalue weighted by Gasteiger charge is 2.27. The molecule has 1 aliphatic carbocycles. The van der Waals surface area contributed by atoms with Crippen molar-refractivity contribution < 1.29 is 4.42 Å². The molecule has 0 atom stereocenters. The molecule has 1 heterocycles. The van der Waals surface area contributed by atoms with Gasteiger partial charge in [-0.15, -0.1) is 0 Å². The van der Waals surface area contributed by atoms with Crippen molar-refractivity contribution in [3.63, 3.8) is 0 Å². The van der Waals surface area contributed by atoms with Gasteiger partial charge in [-0.2, -0.15) is 0 Å². The Hall–Kier alpha value is -5.84. The lowest BCUT2D eigenvalue weighted by Gasteiger charge is -2.18. The molecule has 0 saturated carbocycles. The van der Waals surface area contributed by atoms with Gasteiger partial charge in [0.2, 0.25) is 0 Å². The lowest BCUT2D eigenvalue weighted by atomic mass is 9.84. The average Bonchev–Trinajstić information content (AvgIpc) is 3.52. The number of hydrogen-bond donors (Lipinski definition) is 0. The summed E-state index contributed by atoms with van der Waals surface area (Å²) < 4.78 is 7.13. The number of fused-ring (bicyclic) bond motifs is 1. The molecule has 6 aromatic carbocycles. The van der Waals surface area contributed by atoms with Crippen molar-refractivity contribution in [1.29, 1.82) is 0 Å². The van der Waals surface area contributed by atoms with Gasteiger partial charge in [-0.25, -0.2) is 0 Å². The molecule has 0 spiro atoms. The molecule has 0 fully saturated rings. The predicted octanol–water partition coefficient (Wildman–Crippen LogP) is 11.8. The maximum Gasteiger partial charge on any atom is 0.142 e. The first-order valence-electron chi connectivity index (χ1n) is 15.5. The second-order valence-electron chi connectivity index (χ2n) is 11.4. The van der Waals surface area contributed by atoms with Crippen LogP contribution in [-0.2, 0) is 6.42 Å². The molecule has 1 nitrogen and oxygen atoms in total. The van der Waals surface area contributed by atoms with Crippen LogP contribution in [0.5, 0.6) is 0 Å². The summed E-state index contributed by atoms with van der Waals surface area (Å²) in [5.74, 6) is 1.84. The van der Waals surface area contributed by atoms with Crippen LogP contribution >= 0.6 is 0 Å². The molecule has 0 amide bonds. The van der Waals surface area contributed by atoms with E-state index in [1.54, 1.807) is 0 Å². The summed E-state index contributed by atoms with van der Waals surface area (Å²) in [5, 5.41) is 0. The molecule has 1 aromatic heterocycles. The first-order chi connectivity index (χ1) is 22.3. The highest BCUT2D eigenvalue weighted by Crippen LogP contribution is 2.48. The molecule has 0 saturated heterocycles. The van der Waals surface area contributed by atoms with Crippen LogP contribution in [0.4, 0.5) is 0 Å². The molecule has 212 valence electrons. The van der Waals surface area contributed by atoms with Crippen molar-refractivity contribution in [2.24, 2.45) is 0 Å². The van der Waals surface area contributed by atoms with E-state index in [0.717, 1.165) is 63.3 Å². The van der Waals surface area contributed by atoms with Crippen molar-refractivity contribution in [3.05, 3.63) is 175 Å².